The van der Waals surface area contributed by atoms with Crippen LogP contribution in [0, 0.1) is 10.1 Å². The molecular formula is C12H16BrNO5. The number of nitrogens with zero attached hydrogens (tertiary/aromatic N) is 1. The maximum atomic E-state index is 10.8. The molecule has 0 aliphatic rings. The molecule has 106 valence electrons. The number of nitro groups is 1. The number of hydrogen-bond acceptors (Lipinski definition) is 5. The maximum Gasteiger partial charge on any atom is 0.312 e. The Labute approximate surface area is 119 Å². The van der Waals surface area contributed by atoms with Gasteiger partial charge in [-0.3, -0.25) is 10.1 Å². The Hall–Kier alpha value is -1.18. The van der Waals surface area contributed by atoms with E-state index in [1.807, 2.05) is 0 Å². The van der Waals surface area contributed by atoms with Crippen LogP contribution in [0.5, 0.6) is 5.75 Å². The number of methoxy groups -OCH3 is 1. The fraction of sp³-hybridized carbons (Fsp3) is 0.500. The summed E-state index contributed by atoms with van der Waals surface area (Å²) in [6.07, 6.45) is 0.664. The lowest BCUT2D eigenvalue weighted by Crippen LogP contribution is -2.07. The minimum absolute atomic E-state index is 0.0466. The Morgan fingerprint density at radius 3 is 2.74 bits per heavy atom. The van der Waals surface area contributed by atoms with Gasteiger partial charge in [-0.1, -0.05) is 15.9 Å². The second-order valence-electron chi connectivity index (χ2n) is 3.68. The van der Waals surface area contributed by atoms with Crippen LogP contribution in [0.25, 0.3) is 0 Å². The molecule has 0 spiro atoms. The van der Waals surface area contributed by atoms with Gasteiger partial charge in [0.1, 0.15) is 0 Å². The molecule has 6 nitrogen and oxygen atoms in total. The van der Waals surface area contributed by atoms with Crippen LogP contribution in [0.15, 0.2) is 22.7 Å². The predicted molar refractivity (Wildman–Crippen MR) is 73.6 cm³/mol. The van der Waals surface area contributed by atoms with Crippen molar-refractivity contribution in [3.8, 4) is 5.75 Å². The average Bonchev–Trinajstić information content (AvgIpc) is 2.39. The van der Waals surface area contributed by atoms with Crippen molar-refractivity contribution in [1.82, 2.24) is 0 Å². The molecule has 1 aromatic rings. The second kappa shape index (κ2) is 8.84. The minimum Gasteiger partial charge on any atom is -0.487 e. The average molecular weight is 334 g/mol. The largest absolute Gasteiger partial charge is 0.487 e. The summed E-state index contributed by atoms with van der Waals surface area (Å²) in [5, 5.41) is 10.8. The highest BCUT2D eigenvalue weighted by atomic mass is 79.9. The van der Waals surface area contributed by atoms with Crippen molar-refractivity contribution in [3.05, 3.63) is 32.8 Å². The minimum atomic E-state index is -0.463. The Morgan fingerprint density at radius 1 is 1.26 bits per heavy atom. The Bertz CT molecular complexity index is 413. The SMILES string of the molecule is COCCOCCCOc1ccc(Br)cc1[N+](=O)[O-]. The van der Waals surface area contributed by atoms with Gasteiger partial charge in [-0.05, 0) is 12.1 Å². The van der Waals surface area contributed by atoms with Gasteiger partial charge in [-0.15, -0.1) is 0 Å². The van der Waals surface area contributed by atoms with Crippen LogP contribution >= 0.6 is 15.9 Å². The van der Waals surface area contributed by atoms with Crippen LogP contribution in [-0.2, 0) is 9.47 Å². The molecule has 0 radical (unpaired) electrons. The fourth-order valence-corrected chi connectivity index (χ4v) is 1.69. The van der Waals surface area contributed by atoms with E-state index >= 15 is 0 Å². The summed E-state index contributed by atoms with van der Waals surface area (Å²) < 4.78 is 16.1. The molecular weight excluding hydrogens is 318 g/mol. The molecule has 0 atom stereocenters. The summed E-state index contributed by atoms with van der Waals surface area (Å²) in [5.74, 6) is 0.269. The first-order chi connectivity index (χ1) is 9.15. The van der Waals surface area contributed by atoms with Crippen molar-refractivity contribution in [3.63, 3.8) is 0 Å². The van der Waals surface area contributed by atoms with Crippen LogP contribution < -0.4 is 4.74 Å². The lowest BCUT2D eigenvalue weighted by molar-refractivity contribution is -0.385. The van der Waals surface area contributed by atoms with Crippen LogP contribution in [-0.4, -0.2) is 38.5 Å². The first-order valence-electron chi connectivity index (χ1n) is 5.78. The van der Waals surface area contributed by atoms with Crippen molar-refractivity contribution in [1.29, 1.82) is 0 Å². The van der Waals surface area contributed by atoms with Crippen molar-refractivity contribution in [2.75, 3.05) is 33.5 Å². The quantitative estimate of drug-likeness (QED) is 0.394. The zero-order valence-electron chi connectivity index (χ0n) is 10.6. The summed E-state index contributed by atoms with van der Waals surface area (Å²) >= 11 is 3.19. The topological polar surface area (TPSA) is 70.8 Å². The van der Waals surface area contributed by atoms with E-state index in [2.05, 4.69) is 15.9 Å². The van der Waals surface area contributed by atoms with Gasteiger partial charge in [0.05, 0.1) is 24.7 Å². The first-order valence-corrected chi connectivity index (χ1v) is 6.58. The van der Waals surface area contributed by atoms with E-state index in [4.69, 9.17) is 14.2 Å². The normalized spacial score (nSPS) is 10.4. The molecule has 0 aliphatic heterocycles. The number of hydrogen-bond donors (Lipinski definition) is 0. The van der Waals surface area contributed by atoms with E-state index in [0.717, 1.165) is 0 Å². The van der Waals surface area contributed by atoms with Crippen LogP contribution in [0.4, 0.5) is 5.69 Å². The lowest BCUT2D eigenvalue weighted by atomic mass is 10.3. The highest BCUT2D eigenvalue weighted by Gasteiger charge is 2.15. The highest BCUT2D eigenvalue weighted by Crippen LogP contribution is 2.30. The third-order valence-electron chi connectivity index (χ3n) is 2.24. The number of ether oxygens (including phenoxy) is 3. The lowest BCUT2D eigenvalue weighted by Gasteiger charge is -2.07. The third-order valence-corrected chi connectivity index (χ3v) is 2.73. The number of benzene rings is 1. The van der Waals surface area contributed by atoms with Crippen molar-refractivity contribution in [2.45, 2.75) is 6.42 Å². The van der Waals surface area contributed by atoms with E-state index in [-0.39, 0.29) is 11.4 Å². The standard InChI is InChI=1S/C12H16BrNO5/c1-17-7-8-18-5-2-6-19-12-4-3-10(13)9-11(12)14(15)16/h3-4,9H,2,5-8H2,1H3. The third kappa shape index (κ3) is 6.00. The molecule has 7 heteroatoms. The number of halogens is 1. The van der Waals surface area contributed by atoms with Gasteiger partial charge in [0, 0.05) is 30.7 Å². The maximum absolute atomic E-state index is 10.8. The zero-order valence-corrected chi connectivity index (χ0v) is 12.2. The van der Waals surface area contributed by atoms with E-state index in [0.29, 0.717) is 37.3 Å². The number of nitro benzene ring substituents is 1. The Balaban J connectivity index is 2.35. The molecule has 0 N–H and O–H groups in total. The molecule has 19 heavy (non-hydrogen) atoms. The molecule has 1 aromatic carbocycles. The Morgan fingerprint density at radius 2 is 2.05 bits per heavy atom. The Kier molecular flexibility index (Phi) is 7.39. The van der Waals surface area contributed by atoms with Crippen LogP contribution in [0.2, 0.25) is 0 Å². The smallest absolute Gasteiger partial charge is 0.312 e. The van der Waals surface area contributed by atoms with Crippen LogP contribution in [0.1, 0.15) is 6.42 Å². The first kappa shape index (κ1) is 15.9. The number of rotatable bonds is 9. The molecule has 0 aliphatic carbocycles. The summed E-state index contributed by atoms with van der Waals surface area (Å²) in [5.41, 5.74) is -0.0466. The molecule has 0 amide bonds. The molecule has 0 saturated heterocycles. The predicted octanol–water partition coefficient (Wildman–Crippen LogP) is 2.79. The van der Waals surface area contributed by atoms with Crippen molar-refractivity contribution in [2.24, 2.45) is 0 Å². The van der Waals surface area contributed by atoms with E-state index in [9.17, 15) is 10.1 Å². The molecule has 0 bridgehead atoms. The van der Waals surface area contributed by atoms with Gasteiger partial charge in [0.15, 0.2) is 5.75 Å². The van der Waals surface area contributed by atoms with Gasteiger partial charge in [-0.2, -0.15) is 0 Å². The molecule has 0 unspecified atom stereocenters. The molecule has 1 rings (SSSR count). The monoisotopic (exact) mass is 333 g/mol. The fourth-order valence-electron chi connectivity index (χ4n) is 1.34. The summed E-state index contributed by atoms with van der Waals surface area (Å²) in [6.45, 7) is 2.00. The molecule has 0 heterocycles. The van der Waals surface area contributed by atoms with Crippen molar-refractivity contribution < 1.29 is 19.1 Å². The van der Waals surface area contributed by atoms with E-state index in [1.165, 1.54) is 6.07 Å². The van der Waals surface area contributed by atoms with Gasteiger partial charge in [0.2, 0.25) is 0 Å². The van der Waals surface area contributed by atoms with E-state index < -0.39 is 4.92 Å². The van der Waals surface area contributed by atoms with E-state index in [1.54, 1.807) is 19.2 Å². The summed E-state index contributed by atoms with van der Waals surface area (Å²) in [4.78, 5) is 10.4. The second-order valence-corrected chi connectivity index (χ2v) is 4.59. The van der Waals surface area contributed by atoms with Gasteiger partial charge >= 0.3 is 5.69 Å². The molecule has 0 saturated carbocycles. The van der Waals surface area contributed by atoms with Gasteiger partial charge < -0.3 is 14.2 Å². The summed E-state index contributed by atoms with van der Waals surface area (Å²) in [6, 6.07) is 4.70. The molecule has 0 aromatic heterocycles. The van der Waals surface area contributed by atoms with Gasteiger partial charge in [-0.25, -0.2) is 0 Å². The van der Waals surface area contributed by atoms with Crippen LogP contribution in [0.3, 0.4) is 0 Å². The zero-order chi connectivity index (χ0) is 14.1. The molecule has 0 fully saturated rings. The van der Waals surface area contributed by atoms with Crippen molar-refractivity contribution >= 4 is 21.6 Å². The van der Waals surface area contributed by atoms with Gasteiger partial charge in [0.25, 0.3) is 0 Å². The summed E-state index contributed by atoms with van der Waals surface area (Å²) in [7, 11) is 1.61. The highest BCUT2D eigenvalue weighted by molar-refractivity contribution is 9.10.